The molecule has 1 heterocycles. The van der Waals surface area contributed by atoms with Crippen molar-refractivity contribution in [1.29, 1.82) is 0 Å². The third-order valence-corrected chi connectivity index (χ3v) is 4.41. The van der Waals surface area contributed by atoms with Crippen LogP contribution in [0, 0.1) is 19.7 Å². The molecule has 0 spiro atoms. The van der Waals surface area contributed by atoms with E-state index in [1.165, 1.54) is 19.2 Å². The lowest BCUT2D eigenvalue weighted by atomic mass is 10.1. The number of pyridine rings is 1. The number of hydrogen-bond acceptors (Lipinski definition) is 4. The lowest BCUT2D eigenvalue weighted by Gasteiger charge is -2.12. The number of aryl methyl sites for hydroxylation is 2. The van der Waals surface area contributed by atoms with Gasteiger partial charge in [0.1, 0.15) is 5.82 Å². The minimum absolute atomic E-state index is 0.0571. The fraction of sp³-hybridized carbons (Fsp3) is 0.214. The smallest absolute Gasteiger partial charge is 0.261 e. The molecule has 0 fully saturated rings. The number of benzene rings is 1. The van der Waals surface area contributed by atoms with Crippen LogP contribution in [-0.4, -0.2) is 18.5 Å². The van der Waals surface area contributed by atoms with Crippen molar-refractivity contribution in [3.05, 3.63) is 53.1 Å². The molecule has 0 bridgehead atoms. The van der Waals surface area contributed by atoms with Crippen molar-refractivity contribution in [3.8, 4) is 0 Å². The summed E-state index contributed by atoms with van der Waals surface area (Å²) in [6.45, 7) is 2.62. The van der Waals surface area contributed by atoms with Crippen LogP contribution in [0.2, 0.25) is 0 Å². The van der Waals surface area contributed by atoms with Crippen LogP contribution in [0.25, 0.3) is 0 Å². The van der Waals surface area contributed by atoms with Crippen molar-refractivity contribution >= 4 is 15.7 Å². The van der Waals surface area contributed by atoms with Crippen LogP contribution in [0.4, 0.5) is 10.1 Å². The van der Waals surface area contributed by atoms with Gasteiger partial charge in [-0.3, -0.25) is 9.71 Å². The number of aromatic nitrogens is 1. The normalized spacial score (nSPS) is 11.4. The van der Waals surface area contributed by atoms with E-state index in [4.69, 9.17) is 5.11 Å². The SMILES string of the molecule is Cc1ccncc1NS(=O)(=O)c1cc(C)c(F)c(CO)c1. The minimum Gasteiger partial charge on any atom is -0.392 e. The Morgan fingerprint density at radius 2 is 2.00 bits per heavy atom. The molecule has 0 unspecified atom stereocenters. The zero-order chi connectivity index (χ0) is 15.6. The highest BCUT2D eigenvalue weighted by Crippen LogP contribution is 2.22. The van der Waals surface area contributed by atoms with E-state index in [0.29, 0.717) is 5.69 Å². The second-order valence-corrected chi connectivity index (χ2v) is 6.35. The van der Waals surface area contributed by atoms with E-state index in [9.17, 15) is 12.8 Å². The Labute approximate surface area is 122 Å². The van der Waals surface area contributed by atoms with Gasteiger partial charge in [-0.05, 0) is 43.2 Å². The first-order valence-electron chi connectivity index (χ1n) is 6.18. The van der Waals surface area contributed by atoms with Crippen LogP contribution in [0.1, 0.15) is 16.7 Å². The summed E-state index contributed by atoms with van der Waals surface area (Å²) < 4.78 is 40.8. The first-order chi connectivity index (χ1) is 9.85. The van der Waals surface area contributed by atoms with Crippen LogP contribution in [-0.2, 0) is 16.6 Å². The Bertz CT molecular complexity index is 776. The van der Waals surface area contributed by atoms with Crippen LogP contribution in [0.5, 0.6) is 0 Å². The van der Waals surface area contributed by atoms with Gasteiger partial charge in [-0.25, -0.2) is 12.8 Å². The summed E-state index contributed by atoms with van der Waals surface area (Å²) >= 11 is 0. The molecule has 112 valence electrons. The Kier molecular flexibility index (Phi) is 4.24. The summed E-state index contributed by atoms with van der Waals surface area (Å²) in [6.07, 6.45) is 2.95. The number of aliphatic hydroxyl groups is 1. The van der Waals surface area contributed by atoms with Gasteiger partial charge in [-0.15, -0.1) is 0 Å². The second kappa shape index (κ2) is 5.79. The maximum absolute atomic E-state index is 13.7. The molecule has 2 N–H and O–H groups in total. The number of halogens is 1. The number of nitrogens with zero attached hydrogens (tertiary/aromatic N) is 1. The number of anilines is 1. The Hall–Kier alpha value is -1.99. The third kappa shape index (κ3) is 3.20. The van der Waals surface area contributed by atoms with E-state index in [2.05, 4.69) is 9.71 Å². The van der Waals surface area contributed by atoms with Gasteiger partial charge in [0.15, 0.2) is 0 Å². The zero-order valence-corrected chi connectivity index (χ0v) is 12.4. The van der Waals surface area contributed by atoms with Crippen LogP contribution >= 0.6 is 0 Å². The molecule has 7 heteroatoms. The van der Waals surface area contributed by atoms with Gasteiger partial charge in [0, 0.05) is 11.8 Å². The molecule has 0 saturated carbocycles. The first kappa shape index (κ1) is 15.4. The highest BCUT2D eigenvalue weighted by Gasteiger charge is 2.19. The predicted molar refractivity (Wildman–Crippen MR) is 76.8 cm³/mol. The summed E-state index contributed by atoms with van der Waals surface area (Å²) in [4.78, 5) is 3.76. The lowest BCUT2D eigenvalue weighted by molar-refractivity contribution is 0.275. The van der Waals surface area contributed by atoms with Crippen LogP contribution in [0.15, 0.2) is 35.5 Å². The number of sulfonamides is 1. The van der Waals surface area contributed by atoms with E-state index in [1.807, 2.05) is 0 Å². The van der Waals surface area contributed by atoms with Crippen LogP contribution < -0.4 is 4.72 Å². The molecule has 0 aliphatic heterocycles. The monoisotopic (exact) mass is 310 g/mol. The number of aliphatic hydroxyl groups excluding tert-OH is 1. The van der Waals surface area contributed by atoms with Gasteiger partial charge >= 0.3 is 0 Å². The largest absolute Gasteiger partial charge is 0.392 e. The molecule has 0 aliphatic rings. The Morgan fingerprint density at radius 1 is 1.29 bits per heavy atom. The van der Waals surface area contributed by atoms with E-state index < -0.39 is 22.4 Å². The summed E-state index contributed by atoms with van der Waals surface area (Å²) in [5, 5.41) is 9.10. The standard InChI is InChI=1S/C14H15FN2O3S/c1-9-3-4-16-7-13(9)17-21(19,20)12-5-10(2)14(15)11(6-12)8-18/h3-7,17-18H,8H2,1-2H3. The Morgan fingerprint density at radius 3 is 2.62 bits per heavy atom. The van der Waals surface area contributed by atoms with Crippen molar-refractivity contribution in [2.24, 2.45) is 0 Å². The van der Waals surface area contributed by atoms with Crippen molar-refractivity contribution in [1.82, 2.24) is 4.98 Å². The van der Waals surface area contributed by atoms with Gasteiger partial charge in [0.05, 0.1) is 23.4 Å². The maximum atomic E-state index is 13.7. The highest BCUT2D eigenvalue weighted by atomic mass is 32.2. The second-order valence-electron chi connectivity index (χ2n) is 4.67. The van der Waals surface area contributed by atoms with E-state index in [-0.39, 0.29) is 16.0 Å². The van der Waals surface area contributed by atoms with Gasteiger partial charge in [-0.2, -0.15) is 0 Å². The molecule has 0 amide bonds. The molecule has 2 aromatic rings. The molecule has 1 aromatic heterocycles. The number of hydrogen-bond donors (Lipinski definition) is 2. The summed E-state index contributed by atoms with van der Waals surface area (Å²) in [5.74, 6) is -0.603. The summed E-state index contributed by atoms with van der Waals surface area (Å²) in [7, 11) is -3.88. The van der Waals surface area contributed by atoms with Gasteiger partial charge in [0.2, 0.25) is 0 Å². The molecule has 0 aliphatic carbocycles. The van der Waals surface area contributed by atoms with Crippen LogP contribution in [0.3, 0.4) is 0 Å². The average Bonchev–Trinajstić information content (AvgIpc) is 2.44. The van der Waals surface area contributed by atoms with Crippen molar-refractivity contribution < 1.29 is 17.9 Å². The average molecular weight is 310 g/mol. The van der Waals surface area contributed by atoms with Crippen molar-refractivity contribution in [3.63, 3.8) is 0 Å². The molecule has 0 atom stereocenters. The molecular formula is C14H15FN2O3S. The maximum Gasteiger partial charge on any atom is 0.261 e. The first-order valence-corrected chi connectivity index (χ1v) is 7.67. The molecule has 2 rings (SSSR count). The third-order valence-electron chi connectivity index (χ3n) is 3.07. The highest BCUT2D eigenvalue weighted by molar-refractivity contribution is 7.92. The predicted octanol–water partition coefficient (Wildman–Crippen LogP) is 2.13. The Balaban J connectivity index is 2.45. The molecule has 21 heavy (non-hydrogen) atoms. The summed E-state index contributed by atoms with van der Waals surface area (Å²) in [6, 6.07) is 4.02. The molecule has 5 nitrogen and oxygen atoms in total. The fourth-order valence-corrected chi connectivity index (χ4v) is 3.10. The van der Waals surface area contributed by atoms with E-state index >= 15 is 0 Å². The minimum atomic E-state index is -3.88. The van der Waals surface area contributed by atoms with E-state index in [0.717, 1.165) is 11.6 Å². The zero-order valence-electron chi connectivity index (χ0n) is 11.6. The number of nitrogens with one attached hydrogen (secondary N) is 1. The molecular weight excluding hydrogens is 295 g/mol. The van der Waals surface area contributed by atoms with E-state index in [1.54, 1.807) is 19.2 Å². The summed E-state index contributed by atoms with van der Waals surface area (Å²) in [5.41, 5.74) is 1.17. The van der Waals surface area contributed by atoms with Crippen molar-refractivity contribution in [2.75, 3.05) is 4.72 Å². The quantitative estimate of drug-likeness (QED) is 0.906. The van der Waals surface area contributed by atoms with Gasteiger partial charge in [-0.1, -0.05) is 0 Å². The fourth-order valence-electron chi connectivity index (χ4n) is 1.85. The topological polar surface area (TPSA) is 79.3 Å². The van der Waals surface area contributed by atoms with Gasteiger partial charge < -0.3 is 5.11 Å². The van der Waals surface area contributed by atoms with Gasteiger partial charge in [0.25, 0.3) is 10.0 Å². The molecule has 0 radical (unpaired) electrons. The molecule has 1 aromatic carbocycles. The number of rotatable bonds is 4. The lowest BCUT2D eigenvalue weighted by Crippen LogP contribution is -2.15. The van der Waals surface area contributed by atoms with Crippen molar-refractivity contribution in [2.45, 2.75) is 25.3 Å². The molecule has 0 saturated heterocycles.